The highest BCUT2D eigenvalue weighted by Gasteiger charge is 1.95. The minimum atomic E-state index is -2.48. The molecule has 0 aromatic rings. The highest BCUT2D eigenvalue weighted by molar-refractivity contribution is 6.28. The van der Waals surface area contributed by atoms with Crippen LogP contribution in [0, 0.1) is 0 Å². The zero-order valence-corrected chi connectivity index (χ0v) is 7.23. The third kappa shape index (κ3) is 57.1. The second-order valence-corrected chi connectivity index (χ2v) is 1.19. The first-order chi connectivity index (χ1) is 5.37. The molecule has 0 saturated carbocycles. The lowest BCUT2D eigenvalue weighted by Crippen LogP contribution is -1.54. The Balaban J connectivity index is -0.000000118. The van der Waals surface area contributed by atoms with Crippen molar-refractivity contribution in [2.75, 3.05) is 0 Å². The van der Waals surface area contributed by atoms with E-state index in [1.54, 1.807) is 0 Å². The van der Waals surface area contributed by atoms with Crippen molar-refractivity contribution in [1.82, 2.24) is 0 Å². The van der Waals surface area contributed by atoms with E-state index >= 15 is 0 Å². The molecule has 74 valence electrons. The van der Waals surface area contributed by atoms with E-state index < -0.39 is 17.4 Å². The van der Waals surface area contributed by atoms with Gasteiger partial charge in [0.05, 0.1) is 0 Å². The fourth-order valence-corrected chi connectivity index (χ4v) is 0. The molecule has 0 amide bonds. The van der Waals surface area contributed by atoms with Crippen molar-refractivity contribution in [3.05, 3.63) is 24.0 Å². The highest BCUT2D eigenvalue weighted by Crippen LogP contribution is 2.11. The van der Waals surface area contributed by atoms with E-state index in [4.69, 9.17) is 0 Å². The SMILES string of the molecule is C=C(F)F.CC.FC(F)=C(F)Cl. The average Bonchev–Trinajstić information content (AvgIpc) is 1.90. The van der Waals surface area contributed by atoms with Crippen molar-refractivity contribution in [2.24, 2.45) is 0 Å². The van der Waals surface area contributed by atoms with Crippen LogP contribution in [-0.4, -0.2) is 0 Å². The lowest BCUT2D eigenvalue weighted by Gasteiger charge is -1.70. The van der Waals surface area contributed by atoms with E-state index in [0.29, 0.717) is 0 Å². The summed E-state index contributed by atoms with van der Waals surface area (Å²) in [6, 6.07) is 0. The first-order valence-electron chi connectivity index (χ1n) is 2.74. The molecule has 0 heterocycles. The van der Waals surface area contributed by atoms with Crippen molar-refractivity contribution >= 4 is 11.6 Å². The van der Waals surface area contributed by atoms with Gasteiger partial charge in [-0.3, -0.25) is 0 Å². The Labute approximate surface area is 72.3 Å². The second kappa shape index (κ2) is 13.0. The molecule has 0 N–H and O–H groups in total. The molecule has 0 aliphatic carbocycles. The largest absolute Gasteiger partial charge is 0.317 e. The first kappa shape index (κ1) is 17.5. The van der Waals surface area contributed by atoms with Crippen LogP contribution in [-0.2, 0) is 0 Å². The van der Waals surface area contributed by atoms with Gasteiger partial charge in [0.1, 0.15) is 0 Å². The normalized spacial score (nSPS) is 6.67. The van der Waals surface area contributed by atoms with Crippen molar-refractivity contribution in [3.63, 3.8) is 0 Å². The Morgan fingerprint density at radius 2 is 1.08 bits per heavy atom. The summed E-state index contributed by atoms with van der Waals surface area (Å²) in [5.74, 6) is 0. The topological polar surface area (TPSA) is 0 Å². The Kier molecular flexibility index (Phi) is 19.0. The Hall–Kier alpha value is -0.580. The minimum Gasteiger partial charge on any atom is -0.188 e. The van der Waals surface area contributed by atoms with Crippen LogP contribution in [0.15, 0.2) is 24.0 Å². The summed E-state index contributed by atoms with van der Waals surface area (Å²) in [6.07, 6.45) is -4.31. The molecule has 0 aliphatic rings. The summed E-state index contributed by atoms with van der Waals surface area (Å²) >= 11 is 4.08. The van der Waals surface area contributed by atoms with Crippen molar-refractivity contribution in [3.8, 4) is 0 Å². The van der Waals surface area contributed by atoms with Crippen molar-refractivity contribution < 1.29 is 22.0 Å². The van der Waals surface area contributed by atoms with Crippen LogP contribution in [0.5, 0.6) is 0 Å². The van der Waals surface area contributed by atoms with Crippen molar-refractivity contribution in [1.29, 1.82) is 0 Å². The molecule has 12 heavy (non-hydrogen) atoms. The van der Waals surface area contributed by atoms with Gasteiger partial charge in [0.25, 0.3) is 11.4 Å². The van der Waals surface area contributed by atoms with Crippen LogP contribution in [0.2, 0.25) is 0 Å². The third-order valence-electron chi connectivity index (χ3n) is 0.143. The lowest BCUT2D eigenvalue weighted by atomic mass is 11.0. The van der Waals surface area contributed by atoms with Gasteiger partial charge in [0.2, 0.25) is 0 Å². The fraction of sp³-hybridized carbons (Fsp3) is 0.333. The Bertz CT molecular complexity index is 121. The minimum absolute atomic E-state index is 1.83. The van der Waals surface area contributed by atoms with Crippen LogP contribution in [0.1, 0.15) is 13.8 Å². The summed E-state index contributed by atoms with van der Waals surface area (Å²) in [7, 11) is 0. The van der Waals surface area contributed by atoms with Gasteiger partial charge in [0.15, 0.2) is 0 Å². The molecule has 0 aromatic heterocycles. The summed E-state index contributed by atoms with van der Waals surface area (Å²) in [5.41, 5.74) is 0. The maximum atomic E-state index is 10.7. The van der Waals surface area contributed by atoms with Crippen LogP contribution >= 0.6 is 11.6 Å². The van der Waals surface area contributed by atoms with Crippen LogP contribution < -0.4 is 0 Å². The van der Waals surface area contributed by atoms with Gasteiger partial charge < -0.3 is 0 Å². The van der Waals surface area contributed by atoms with Crippen LogP contribution in [0.25, 0.3) is 0 Å². The smallest absolute Gasteiger partial charge is 0.188 e. The number of rotatable bonds is 0. The zero-order valence-electron chi connectivity index (χ0n) is 6.47. The number of hydrogen-bond donors (Lipinski definition) is 0. The molecule has 0 nitrogen and oxygen atoms in total. The zero-order chi connectivity index (χ0) is 10.7. The molecule has 0 radical (unpaired) electrons. The van der Waals surface area contributed by atoms with Gasteiger partial charge >= 0.3 is 6.08 Å². The number of hydrogen-bond acceptors (Lipinski definition) is 0. The molecule has 0 fully saturated rings. The van der Waals surface area contributed by atoms with E-state index in [1.165, 1.54) is 0 Å². The summed E-state index contributed by atoms with van der Waals surface area (Å²) in [5, 5.41) is -1.94. The van der Waals surface area contributed by atoms with Gasteiger partial charge in [0, 0.05) is 0 Å². The fourth-order valence-electron chi connectivity index (χ4n) is 0. The van der Waals surface area contributed by atoms with Crippen LogP contribution in [0.3, 0.4) is 0 Å². The van der Waals surface area contributed by atoms with Gasteiger partial charge in [-0.1, -0.05) is 13.8 Å². The highest BCUT2D eigenvalue weighted by atomic mass is 35.5. The summed E-state index contributed by atoms with van der Waals surface area (Å²) in [4.78, 5) is 0. The van der Waals surface area contributed by atoms with E-state index in [2.05, 4.69) is 18.2 Å². The molecule has 0 bridgehead atoms. The van der Waals surface area contributed by atoms with Gasteiger partial charge in [-0.2, -0.15) is 22.0 Å². The van der Waals surface area contributed by atoms with Crippen LogP contribution in [0.4, 0.5) is 22.0 Å². The molecule has 0 saturated heterocycles. The molecule has 0 atom stereocenters. The second-order valence-electron chi connectivity index (χ2n) is 0.860. The quantitative estimate of drug-likeness (QED) is 0.509. The standard InChI is InChI=1S/C2ClF3.C2H2F2.C2H6/c3-1(4)2(5)6;1-2(3)4;1-2/h;1H2;1-2H3. The monoisotopic (exact) mass is 210 g/mol. The molecular weight excluding hydrogens is 203 g/mol. The molecular formula is C6H8ClF5. The maximum Gasteiger partial charge on any atom is 0.317 e. The lowest BCUT2D eigenvalue weighted by molar-refractivity contribution is 0.393. The van der Waals surface area contributed by atoms with Gasteiger partial charge in [-0.05, 0) is 18.2 Å². The molecule has 0 aliphatic heterocycles. The summed E-state index contributed by atoms with van der Waals surface area (Å²) in [6.45, 7) is 6.22. The third-order valence-corrected chi connectivity index (χ3v) is 0.286. The van der Waals surface area contributed by atoms with E-state index in [1.807, 2.05) is 13.8 Å². The molecule has 0 unspecified atom stereocenters. The van der Waals surface area contributed by atoms with E-state index in [0.717, 1.165) is 0 Å². The van der Waals surface area contributed by atoms with Gasteiger partial charge in [-0.15, -0.1) is 0 Å². The predicted molar refractivity (Wildman–Crippen MR) is 38.9 cm³/mol. The molecule has 0 spiro atoms. The average molecular weight is 211 g/mol. The first-order valence-corrected chi connectivity index (χ1v) is 3.12. The number of halogens is 6. The molecule has 0 aromatic carbocycles. The maximum absolute atomic E-state index is 10.7. The van der Waals surface area contributed by atoms with E-state index in [-0.39, 0.29) is 0 Å². The van der Waals surface area contributed by atoms with Gasteiger partial charge in [-0.25, -0.2) is 0 Å². The Morgan fingerprint density at radius 3 is 1.08 bits per heavy atom. The predicted octanol–water partition coefficient (Wildman–Crippen LogP) is 4.68. The molecule has 0 rings (SSSR count). The Morgan fingerprint density at radius 1 is 1.00 bits per heavy atom. The van der Waals surface area contributed by atoms with Crippen molar-refractivity contribution in [2.45, 2.75) is 13.8 Å². The molecule has 6 heteroatoms. The van der Waals surface area contributed by atoms with E-state index in [9.17, 15) is 22.0 Å². The summed E-state index contributed by atoms with van der Waals surface area (Å²) < 4.78 is 52.1.